The smallest absolute Gasteiger partial charge is 0.0631 e. The van der Waals surface area contributed by atoms with Crippen LogP contribution in [0.2, 0.25) is 0 Å². The van der Waals surface area contributed by atoms with Gasteiger partial charge in [-0.15, -0.1) is 0 Å². The zero-order valence-electron chi connectivity index (χ0n) is 9.25. The van der Waals surface area contributed by atoms with Crippen molar-refractivity contribution >= 4 is 0 Å². The molecule has 0 aromatic carbocycles. The lowest BCUT2D eigenvalue weighted by atomic mass is 9.80. The molecule has 0 saturated carbocycles. The average molecular weight is 193 g/mol. The van der Waals surface area contributed by atoms with Gasteiger partial charge in [-0.2, -0.15) is 5.10 Å². The molecule has 14 heavy (non-hydrogen) atoms. The van der Waals surface area contributed by atoms with Crippen LogP contribution in [-0.4, -0.2) is 22.9 Å². The summed E-state index contributed by atoms with van der Waals surface area (Å²) < 4.78 is 2.03. The molecule has 3 heteroatoms. The molecule has 1 aliphatic rings. The van der Waals surface area contributed by atoms with Crippen LogP contribution in [0.15, 0.2) is 12.3 Å². The zero-order valence-corrected chi connectivity index (χ0v) is 9.25. The van der Waals surface area contributed by atoms with E-state index in [0.29, 0.717) is 11.5 Å². The maximum Gasteiger partial charge on any atom is 0.0631 e. The van der Waals surface area contributed by atoms with E-state index >= 15 is 0 Å². The second-order valence-corrected chi connectivity index (χ2v) is 4.97. The molecule has 1 N–H and O–H groups in total. The molecule has 0 bridgehead atoms. The molecule has 0 radical (unpaired) electrons. The normalized spacial score (nSPS) is 19.7. The number of hydrogen-bond acceptors (Lipinski definition) is 2. The Morgan fingerprint density at radius 3 is 2.71 bits per heavy atom. The van der Waals surface area contributed by atoms with E-state index in [2.05, 4.69) is 43.4 Å². The van der Waals surface area contributed by atoms with Crippen molar-refractivity contribution in [2.75, 3.05) is 13.1 Å². The molecule has 3 nitrogen and oxygen atoms in total. The molecule has 0 unspecified atom stereocenters. The summed E-state index contributed by atoms with van der Waals surface area (Å²) >= 11 is 0. The van der Waals surface area contributed by atoms with Gasteiger partial charge in [0.25, 0.3) is 0 Å². The summed E-state index contributed by atoms with van der Waals surface area (Å²) in [5.74, 6) is 0. The van der Waals surface area contributed by atoms with Crippen molar-refractivity contribution in [2.45, 2.75) is 33.2 Å². The Hall–Kier alpha value is -0.830. The van der Waals surface area contributed by atoms with Gasteiger partial charge in [-0.05, 0) is 31.7 Å². The number of nitrogens with zero attached hydrogens (tertiary/aromatic N) is 2. The Morgan fingerprint density at radius 1 is 1.57 bits per heavy atom. The van der Waals surface area contributed by atoms with Crippen molar-refractivity contribution in [3.05, 3.63) is 18.0 Å². The standard InChI is InChI=1S/C11H19N3/c1-9(2)14-5-4-10(13-14)6-11(3)7-12-8-11/h4-5,9,12H,6-8H2,1-3H3. The van der Waals surface area contributed by atoms with E-state index in [9.17, 15) is 0 Å². The van der Waals surface area contributed by atoms with Crippen molar-refractivity contribution < 1.29 is 0 Å². The number of nitrogens with one attached hydrogen (secondary N) is 1. The molecule has 1 aliphatic heterocycles. The third-order valence-electron chi connectivity index (χ3n) is 2.90. The van der Waals surface area contributed by atoms with Crippen LogP contribution in [0.5, 0.6) is 0 Å². The third-order valence-corrected chi connectivity index (χ3v) is 2.90. The fourth-order valence-corrected chi connectivity index (χ4v) is 1.87. The van der Waals surface area contributed by atoms with Gasteiger partial charge < -0.3 is 5.32 Å². The lowest BCUT2D eigenvalue weighted by Gasteiger charge is -2.38. The second kappa shape index (κ2) is 3.39. The first-order valence-electron chi connectivity index (χ1n) is 5.34. The Labute approximate surface area is 85.5 Å². The summed E-state index contributed by atoms with van der Waals surface area (Å²) in [6.45, 7) is 8.88. The van der Waals surface area contributed by atoms with Gasteiger partial charge in [0.1, 0.15) is 0 Å². The Bertz CT molecular complexity index is 310. The molecule has 0 atom stereocenters. The minimum Gasteiger partial charge on any atom is -0.316 e. The van der Waals surface area contributed by atoms with Crippen molar-refractivity contribution in [3.63, 3.8) is 0 Å². The maximum atomic E-state index is 4.57. The molecule has 2 rings (SSSR count). The van der Waals surface area contributed by atoms with E-state index in [-0.39, 0.29) is 0 Å². The van der Waals surface area contributed by atoms with Gasteiger partial charge in [0.2, 0.25) is 0 Å². The monoisotopic (exact) mass is 193 g/mol. The van der Waals surface area contributed by atoms with E-state index in [1.165, 1.54) is 5.69 Å². The predicted octanol–water partition coefficient (Wildman–Crippen LogP) is 1.62. The summed E-state index contributed by atoms with van der Waals surface area (Å²) in [6.07, 6.45) is 3.18. The highest BCUT2D eigenvalue weighted by Gasteiger charge is 2.32. The van der Waals surface area contributed by atoms with Gasteiger partial charge >= 0.3 is 0 Å². The van der Waals surface area contributed by atoms with Gasteiger partial charge in [-0.3, -0.25) is 4.68 Å². The molecule has 0 spiro atoms. The quantitative estimate of drug-likeness (QED) is 0.790. The molecule has 78 valence electrons. The largest absolute Gasteiger partial charge is 0.316 e. The van der Waals surface area contributed by atoms with Crippen molar-refractivity contribution in [1.82, 2.24) is 15.1 Å². The topological polar surface area (TPSA) is 29.9 Å². The summed E-state index contributed by atoms with van der Waals surface area (Å²) in [5.41, 5.74) is 1.67. The van der Waals surface area contributed by atoms with Gasteiger partial charge in [0.15, 0.2) is 0 Å². The predicted molar refractivity (Wildman–Crippen MR) is 57.3 cm³/mol. The summed E-state index contributed by atoms with van der Waals surface area (Å²) in [5, 5.41) is 7.88. The average Bonchev–Trinajstić information content (AvgIpc) is 2.50. The van der Waals surface area contributed by atoms with Gasteiger partial charge in [-0.25, -0.2) is 0 Å². The van der Waals surface area contributed by atoms with Crippen molar-refractivity contribution in [1.29, 1.82) is 0 Å². The first-order chi connectivity index (χ1) is 6.59. The SMILES string of the molecule is CC(C)n1ccc(CC2(C)CNC2)n1. The minimum absolute atomic E-state index is 0.441. The fraction of sp³-hybridized carbons (Fsp3) is 0.727. The van der Waals surface area contributed by atoms with E-state index < -0.39 is 0 Å². The Morgan fingerprint density at radius 2 is 2.29 bits per heavy atom. The number of aromatic nitrogens is 2. The van der Waals surface area contributed by atoms with Crippen LogP contribution in [0.25, 0.3) is 0 Å². The minimum atomic E-state index is 0.441. The van der Waals surface area contributed by atoms with Crippen molar-refractivity contribution in [3.8, 4) is 0 Å². The fourth-order valence-electron chi connectivity index (χ4n) is 1.87. The number of hydrogen-bond donors (Lipinski definition) is 1. The lowest BCUT2D eigenvalue weighted by Crippen LogP contribution is -2.52. The van der Waals surface area contributed by atoms with Crippen LogP contribution in [0.4, 0.5) is 0 Å². The van der Waals surface area contributed by atoms with Crippen LogP contribution in [0.1, 0.15) is 32.5 Å². The molecule has 0 aliphatic carbocycles. The maximum absolute atomic E-state index is 4.57. The molecule has 0 amide bonds. The van der Waals surface area contributed by atoms with Crippen LogP contribution < -0.4 is 5.32 Å². The summed E-state index contributed by atoms with van der Waals surface area (Å²) in [7, 11) is 0. The molecule has 1 aromatic heterocycles. The van der Waals surface area contributed by atoms with E-state index in [4.69, 9.17) is 0 Å². The molecular weight excluding hydrogens is 174 g/mol. The highest BCUT2D eigenvalue weighted by atomic mass is 15.3. The Balaban J connectivity index is 2.02. The van der Waals surface area contributed by atoms with Gasteiger partial charge in [0.05, 0.1) is 5.69 Å². The summed E-state index contributed by atoms with van der Waals surface area (Å²) in [6, 6.07) is 2.61. The molecule has 1 saturated heterocycles. The molecule has 1 aromatic rings. The molecular formula is C11H19N3. The molecule has 2 heterocycles. The van der Waals surface area contributed by atoms with E-state index in [1.807, 2.05) is 4.68 Å². The second-order valence-electron chi connectivity index (χ2n) is 4.97. The molecule has 1 fully saturated rings. The highest BCUT2D eigenvalue weighted by Crippen LogP contribution is 2.25. The van der Waals surface area contributed by atoms with Crippen LogP contribution in [0, 0.1) is 5.41 Å². The summed E-state index contributed by atoms with van der Waals surface area (Å²) in [4.78, 5) is 0. The first kappa shape index (κ1) is 9.71. The van der Waals surface area contributed by atoms with E-state index in [1.54, 1.807) is 0 Å². The zero-order chi connectivity index (χ0) is 10.2. The third kappa shape index (κ3) is 1.82. The van der Waals surface area contributed by atoms with Gasteiger partial charge in [0, 0.05) is 25.3 Å². The van der Waals surface area contributed by atoms with Crippen LogP contribution >= 0.6 is 0 Å². The highest BCUT2D eigenvalue weighted by molar-refractivity contribution is 5.06. The van der Waals surface area contributed by atoms with E-state index in [0.717, 1.165) is 19.5 Å². The number of rotatable bonds is 3. The van der Waals surface area contributed by atoms with Crippen LogP contribution in [0.3, 0.4) is 0 Å². The first-order valence-corrected chi connectivity index (χ1v) is 5.34. The van der Waals surface area contributed by atoms with Crippen LogP contribution in [-0.2, 0) is 6.42 Å². The Kier molecular flexibility index (Phi) is 2.35. The lowest BCUT2D eigenvalue weighted by molar-refractivity contribution is 0.193. The van der Waals surface area contributed by atoms with Gasteiger partial charge in [-0.1, -0.05) is 6.92 Å². The van der Waals surface area contributed by atoms with Crippen molar-refractivity contribution in [2.24, 2.45) is 5.41 Å².